The standard InChI is InChI=1S/C24H19ClO2S2/c25-20-16-18-21(19-17-20)28(26)27-29(22-10-4-1-5-11-22,23-12-6-2-7-13-23)24-14-8-3-9-15-24/h1-19H. The van der Waals surface area contributed by atoms with Crippen LogP contribution >= 0.6 is 21.9 Å². The van der Waals surface area contributed by atoms with Crippen molar-refractivity contribution < 1.29 is 7.84 Å². The summed E-state index contributed by atoms with van der Waals surface area (Å²) in [5.41, 5.74) is 0. The molecule has 4 aromatic rings. The highest BCUT2D eigenvalue weighted by atomic mass is 35.5. The molecule has 0 spiro atoms. The van der Waals surface area contributed by atoms with Crippen LogP contribution in [-0.4, -0.2) is 4.21 Å². The SMILES string of the molecule is O=S(OS(c1ccccc1)(c1ccccc1)c1ccccc1)c1ccc(Cl)cc1. The largest absolute Gasteiger partial charge is 0.223 e. The topological polar surface area (TPSA) is 26.3 Å². The van der Waals surface area contributed by atoms with Gasteiger partial charge < -0.3 is 0 Å². The molecular formula is C24H19ClO2S2. The summed E-state index contributed by atoms with van der Waals surface area (Å²) in [6.07, 6.45) is 0. The van der Waals surface area contributed by atoms with Gasteiger partial charge in [0, 0.05) is 19.7 Å². The number of rotatable bonds is 6. The average Bonchev–Trinajstić information content (AvgIpc) is 2.79. The maximum atomic E-state index is 13.4. The normalized spacial score (nSPS) is 13.0. The predicted octanol–water partition coefficient (Wildman–Crippen LogP) is 7.28. The van der Waals surface area contributed by atoms with Crippen molar-refractivity contribution in [1.29, 1.82) is 0 Å². The average molecular weight is 439 g/mol. The van der Waals surface area contributed by atoms with Crippen molar-refractivity contribution in [1.82, 2.24) is 0 Å². The van der Waals surface area contributed by atoms with E-state index in [9.17, 15) is 4.21 Å². The maximum Gasteiger partial charge on any atom is 0.200 e. The Bertz CT molecular complexity index is 989. The van der Waals surface area contributed by atoms with E-state index in [0.717, 1.165) is 14.7 Å². The molecule has 1 unspecified atom stereocenters. The van der Waals surface area contributed by atoms with E-state index < -0.39 is 21.4 Å². The first-order valence-electron chi connectivity index (χ1n) is 9.06. The third-order valence-corrected chi connectivity index (χ3v) is 9.42. The smallest absolute Gasteiger partial charge is 0.200 e. The summed E-state index contributed by atoms with van der Waals surface area (Å²) < 4.78 is 19.9. The van der Waals surface area contributed by atoms with Crippen LogP contribution in [0.15, 0.2) is 135 Å². The number of hydrogen-bond donors (Lipinski definition) is 0. The molecule has 0 radical (unpaired) electrons. The van der Waals surface area contributed by atoms with Crippen molar-refractivity contribution >= 4 is 33.0 Å². The lowest BCUT2D eigenvalue weighted by atomic mass is 10.4. The van der Waals surface area contributed by atoms with Crippen LogP contribution < -0.4 is 0 Å². The lowest BCUT2D eigenvalue weighted by molar-refractivity contribution is 0.595. The minimum atomic E-state index is -2.22. The summed E-state index contributed by atoms with van der Waals surface area (Å²) in [5, 5.41) is 0.596. The Balaban J connectivity index is 1.92. The summed E-state index contributed by atoms with van der Waals surface area (Å²) in [6, 6.07) is 37.0. The van der Waals surface area contributed by atoms with Gasteiger partial charge >= 0.3 is 0 Å². The van der Waals surface area contributed by atoms with E-state index in [1.54, 1.807) is 24.3 Å². The monoisotopic (exact) mass is 438 g/mol. The van der Waals surface area contributed by atoms with E-state index in [1.807, 2.05) is 91.0 Å². The lowest BCUT2D eigenvalue weighted by Crippen LogP contribution is -2.10. The molecule has 0 aliphatic rings. The van der Waals surface area contributed by atoms with Crippen LogP contribution in [0, 0.1) is 0 Å². The summed E-state index contributed by atoms with van der Waals surface area (Å²) in [7, 11) is -2.22. The van der Waals surface area contributed by atoms with Gasteiger partial charge in [-0.15, -0.1) is 0 Å². The van der Waals surface area contributed by atoms with Crippen LogP contribution in [0.2, 0.25) is 5.02 Å². The van der Waals surface area contributed by atoms with Crippen LogP contribution in [0.5, 0.6) is 0 Å². The molecule has 0 saturated heterocycles. The molecule has 4 rings (SSSR count). The van der Waals surface area contributed by atoms with E-state index >= 15 is 0 Å². The van der Waals surface area contributed by atoms with Gasteiger partial charge in [0.1, 0.15) is 0 Å². The number of halogens is 1. The molecule has 0 fully saturated rings. The second kappa shape index (κ2) is 8.97. The third-order valence-electron chi connectivity index (χ3n) is 4.40. The minimum absolute atomic E-state index is 0.578. The van der Waals surface area contributed by atoms with Crippen LogP contribution in [-0.2, 0) is 14.7 Å². The van der Waals surface area contributed by atoms with Gasteiger partial charge in [-0.25, -0.2) is 7.84 Å². The molecule has 0 heterocycles. The lowest BCUT2D eigenvalue weighted by Gasteiger charge is -2.39. The molecule has 0 N–H and O–H groups in total. The van der Waals surface area contributed by atoms with E-state index in [2.05, 4.69) is 0 Å². The second-order valence-electron chi connectivity index (χ2n) is 6.25. The maximum absolute atomic E-state index is 13.4. The van der Waals surface area contributed by atoms with Gasteiger partial charge in [-0.1, -0.05) is 66.2 Å². The van der Waals surface area contributed by atoms with Crippen molar-refractivity contribution in [3.8, 4) is 0 Å². The van der Waals surface area contributed by atoms with Gasteiger partial charge in [0.05, 0.1) is 4.90 Å². The first kappa shape index (κ1) is 19.9. The molecule has 0 aromatic heterocycles. The van der Waals surface area contributed by atoms with Crippen molar-refractivity contribution in [2.45, 2.75) is 19.6 Å². The minimum Gasteiger partial charge on any atom is -0.223 e. The highest BCUT2D eigenvalue weighted by molar-refractivity contribution is 8.32. The van der Waals surface area contributed by atoms with Crippen LogP contribution in [0.4, 0.5) is 0 Å². The Morgan fingerprint density at radius 1 is 0.586 bits per heavy atom. The van der Waals surface area contributed by atoms with E-state index in [-0.39, 0.29) is 0 Å². The van der Waals surface area contributed by atoms with Gasteiger partial charge in [-0.3, -0.25) is 0 Å². The van der Waals surface area contributed by atoms with Gasteiger partial charge in [-0.05, 0) is 71.0 Å². The Hall–Kier alpha value is -2.37. The zero-order valence-corrected chi connectivity index (χ0v) is 17.9. The van der Waals surface area contributed by atoms with Crippen molar-refractivity contribution in [2.75, 3.05) is 0 Å². The summed E-state index contributed by atoms with van der Waals surface area (Å²) >= 11 is 4.32. The molecule has 4 aromatic carbocycles. The number of hydrogen-bond acceptors (Lipinski definition) is 2. The molecule has 0 aliphatic carbocycles. The molecule has 0 aliphatic heterocycles. The Morgan fingerprint density at radius 2 is 0.966 bits per heavy atom. The second-order valence-corrected chi connectivity index (χ2v) is 10.7. The predicted molar refractivity (Wildman–Crippen MR) is 121 cm³/mol. The molecular weight excluding hydrogens is 420 g/mol. The summed E-state index contributed by atoms with van der Waals surface area (Å²) in [4.78, 5) is 3.54. The quantitative estimate of drug-likeness (QED) is 0.316. The van der Waals surface area contributed by atoms with Crippen LogP contribution in [0.3, 0.4) is 0 Å². The molecule has 146 valence electrons. The van der Waals surface area contributed by atoms with Crippen molar-refractivity contribution in [2.24, 2.45) is 0 Å². The first-order valence-corrected chi connectivity index (χ1v) is 12.1. The summed E-state index contributed by atoms with van der Waals surface area (Å²) in [6.45, 7) is 0. The molecule has 0 bridgehead atoms. The van der Waals surface area contributed by atoms with E-state index in [0.29, 0.717) is 9.92 Å². The Labute approximate surface area is 180 Å². The highest BCUT2D eigenvalue weighted by Gasteiger charge is 2.35. The van der Waals surface area contributed by atoms with Crippen LogP contribution in [0.25, 0.3) is 0 Å². The molecule has 2 nitrogen and oxygen atoms in total. The fraction of sp³-hybridized carbons (Fsp3) is 0. The zero-order valence-electron chi connectivity index (χ0n) is 15.5. The Morgan fingerprint density at radius 3 is 1.34 bits per heavy atom. The van der Waals surface area contributed by atoms with Gasteiger partial charge in [0.15, 0.2) is 11.1 Å². The molecule has 0 amide bonds. The fourth-order valence-electron chi connectivity index (χ4n) is 3.04. The summed E-state index contributed by atoms with van der Waals surface area (Å²) in [5.74, 6) is 0. The molecule has 0 saturated carbocycles. The number of benzene rings is 4. The third kappa shape index (κ3) is 4.16. The highest BCUT2D eigenvalue weighted by Crippen LogP contribution is 2.69. The van der Waals surface area contributed by atoms with Crippen molar-refractivity contribution in [3.63, 3.8) is 0 Å². The van der Waals surface area contributed by atoms with Crippen molar-refractivity contribution in [3.05, 3.63) is 120 Å². The van der Waals surface area contributed by atoms with E-state index in [4.69, 9.17) is 15.2 Å². The molecule has 29 heavy (non-hydrogen) atoms. The van der Waals surface area contributed by atoms with Gasteiger partial charge in [0.25, 0.3) is 0 Å². The van der Waals surface area contributed by atoms with E-state index in [1.165, 1.54) is 0 Å². The molecule has 5 heteroatoms. The first-order chi connectivity index (χ1) is 14.2. The fourth-order valence-corrected chi connectivity index (χ4v) is 7.96. The zero-order chi connectivity index (χ0) is 20.1. The van der Waals surface area contributed by atoms with Gasteiger partial charge in [-0.2, -0.15) is 0 Å². The Kier molecular flexibility index (Phi) is 6.16. The molecule has 1 atom stereocenters. The van der Waals surface area contributed by atoms with Gasteiger partial charge in [0.2, 0.25) is 0 Å². The van der Waals surface area contributed by atoms with Crippen LogP contribution in [0.1, 0.15) is 0 Å².